The fourth-order valence-electron chi connectivity index (χ4n) is 3.37. The number of hydrogen-bond acceptors (Lipinski definition) is 6. The van der Waals surface area contributed by atoms with Gasteiger partial charge in [-0.2, -0.15) is 0 Å². The van der Waals surface area contributed by atoms with Crippen LogP contribution in [-0.2, 0) is 16.1 Å². The summed E-state index contributed by atoms with van der Waals surface area (Å²) in [5, 5.41) is 2.79. The Morgan fingerprint density at radius 2 is 2.00 bits per heavy atom. The van der Waals surface area contributed by atoms with Gasteiger partial charge in [-0.1, -0.05) is 0 Å². The molecule has 1 aliphatic heterocycles. The molecule has 152 valence electrons. The first-order valence-electron chi connectivity index (χ1n) is 9.77. The number of aryl methyl sites for hydroxylation is 1. The fourth-order valence-corrected chi connectivity index (χ4v) is 3.37. The lowest BCUT2D eigenvalue weighted by atomic mass is 10.3. The highest BCUT2D eigenvalue weighted by molar-refractivity contribution is 5.75. The van der Waals surface area contributed by atoms with Crippen molar-refractivity contribution in [2.75, 3.05) is 45.9 Å². The summed E-state index contributed by atoms with van der Waals surface area (Å²) in [6, 6.07) is 3.76. The minimum atomic E-state index is -0.288. The van der Waals surface area contributed by atoms with Gasteiger partial charge in [-0.3, -0.25) is 9.69 Å². The van der Waals surface area contributed by atoms with E-state index in [1.54, 1.807) is 18.0 Å². The lowest BCUT2D eigenvalue weighted by Gasteiger charge is -2.34. The number of nitrogens with zero attached hydrogens (tertiary/aromatic N) is 5. The highest BCUT2D eigenvalue weighted by Crippen LogP contribution is 2.13. The molecule has 2 aromatic rings. The average Bonchev–Trinajstić information content (AvgIpc) is 3.02. The summed E-state index contributed by atoms with van der Waals surface area (Å²) in [6.45, 7) is 9.14. The number of hydrogen-bond donors (Lipinski definition) is 1. The lowest BCUT2D eigenvalue weighted by molar-refractivity contribution is -0.142. The van der Waals surface area contributed by atoms with Crippen molar-refractivity contribution < 1.29 is 14.3 Å². The Morgan fingerprint density at radius 3 is 2.75 bits per heavy atom. The minimum Gasteiger partial charge on any atom is -0.466 e. The Hall–Kier alpha value is -2.68. The van der Waals surface area contributed by atoms with E-state index in [4.69, 9.17) is 4.74 Å². The standard InChI is InChI=1S/C19H28N6O3/c1-3-28-17(26)6-8-21-19(27)24-12-9-23(10-13-24)11-14-25-15(2)22-16-5-4-7-20-18(16)25/h4-5,7H,3,6,8-14H2,1-2H3,(H,21,27). The zero-order valence-electron chi connectivity index (χ0n) is 16.6. The molecule has 0 saturated carbocycles. The number of carbonyl (C=O) groups excluding carboxylic acids is 2. The van der Waals surface area contributed by atoms with E-state index in [1.807, 2.05) is 19.1 Å². The number of rotatable bonds is 7. The van der Waals surface area contributed by atoms with Gasteiger partial charge in [0.25, 0.3) is 0 Å². The monoisotopic (exact) mass is 388 g/mol. The van der Waals surface area contributed by atoms with Crippen LogP contribution in [0.15, 0.2) is 18.3 Å². The van der Waals surface area contributed by atoms with Crippen LogP contribution in [0.2, 0.25) is 0 Å². The van der Waals surface area contributed by atoms with Gasteiger partial charge in [-0.05, 0) is 26.0 Å². The third kappa shape index (κ3) is 4.98. The Bertz CT molecular complexity index is 813. The van der Waals surface area contributed by atoms with Crippen LogP contribution in [0, 0.1) is 6.92 Å². The number of imidazole rings is 1. The maximum Gasteiger partial charge on any atom is 0.317 e. The molecule has 1 fully saturated rings. The molecule has 28 heavy (non-hydrogen) atoms. The molecule has 2 amide bonds. The molecule has 0 atom stereocenters. The van der Waals surface area contributed by atoms with Crippen molar-refractivity contribution in [3.8, 4) is 0 Å². The van der Waals surface area contributed by atoms with E-state index in [-0.39, 0.29) is 18.4 Å². The van der Waals surface area contributed by atoms with Gasteiger partial charge in [-0.15, -0.1) is 0 Å². The largest absolute Gasteiger partial charge is 0.466 e. The van der Waals surface area contributed by atoms with E-state index in [1.165, 1.54) is 0 Å². The second-order valence-corrected chi connectivity index (χ2v) is 6.77. The van der Waals surface area contributed by atoms with E-state index < -0.39 is 0 Å². The average molecular weight is 388 g/mol. The number of aromatic nitrogens is 3. The molecule has 1 aliphatic rings. The first kappa shape index (κ1) is 20.1. The van der Waals surface area contributed by atoms with E-state index in [2.05, 4.69) is 24.8 Å². The SMILES string of the molecule is CCOC(=O)CCNC(=O)N1CCN(CCn2c(C)nc3cccnc32)CC1. The minimum absolute atomic E-state index is 0.121. The lowest BCUT2D eigenvalue weighted by Crippen LogP contribution is -2.52. The van der Waals surface area contributed by atoms with E-state index in [0.717, 1.165) is 43.2 Å². The third-order valence-electron chi connectivity index (χ3n) is 4.90. The van der Waals surface area contributed by atoms with Crippen LogP contribution >= 0.6 is 0 Å². The summed E-state index contributed by atoms with van der Waals surface area (Å²) in [6.07, 6.45) is 1.99. The van der Waals surface area contributed by atoms with Crippen LogP contribution in [0.4, 0.5) is 4.79 Å². The zero-order chi connectivity index (χ0) is 19.9. The van der Waals surface area contributed by atoms with Crippen LogP contribution in [-0.4, -0.2) is 82.2 Å². The molecular weight excluding hydrogens is 360 g/mol. The number of pyridine rings is 1. The van der Waals surface area contributed by atoms with E-state index >= 15 is 0 Å². The smallest absolute Gasteiger partial charge is 0.317 e. The summed E-state index contributed by atoms with van der Waals surface area (Å²) in [5.74, 6) is 0.678. The number of ether oxygens (including phenoxy) is 1. The Balaban J connectivity index is 1.41. The molecule has 1 saturated heterocycles. The number of carbonyl (C=O) groups is 2. The normalized spacial score (nSPS) is 15.0. The van der Waals surface area contributed by atoms with Gasteiger partial charge in [0, 0.05) is 52.0 Å². The predicted octanol–water partition coefficient (Wildman–Crippen LogP) is 1.02. The molecule has 3 heterocycles. The van der Waals surface area contributed by atoms with E-state index in [9.17, 15) is 9.59 Å². The topological polar surface area (TPSA) is 92.6 Å². The van der Waals surface area contributed by atoms with Gasteiger partial charge >= 0.3 is 12.0 Å². The Morgan fingerprint density at radius 1 is 1.21 bits per heavy atom. The van der Waals surface area contributed by atoms with Gasteiger partial charge < -0.3 is 19.5 Å². The predicted molar refractivity (Wildman–Crippen MR) is 105 cm³/mol. The Labute approximate surface area is 164 Å². The summed E-state index contributed by atoms with van der Waals surface area (Å²) in [5.41, 5.74) is 1.84. The molecule has 3 rings (SSSR count). The third-order valence-corrected chi connectivity index (χ3v) is 4.90. The number of urea groups is 1. The molecule has 0 aliphatic carbocycles. The molecule has 0 aromatic carbocycles. The summed E-state index contributed by atoms with van der Waals surface area (Å²) < 4.78 is 7.00. The van der Waals surface area contributed by atoms with Gasteiger partial charge in [0.15, 0.2) is 5.65 Å². The summed E-state index contributed by atoms with van der Waals surface area (Å²) in [4.78, 5) is 36.6. The van der Waals surface area contributed by atoms with Crippen molar-refractivity contribution in [2.45, 2.75) is 26.8 Å². The van der Waals surface area contributed by atoms with Crippen LogP contribution in [0.25, 0.3) is 11.2 Å². The van der Waals surface area contributed by atoms with Crippen molar-refractivity contribution in [1.82, 2.24) is 29.7 Å². The molecule has 9 nitrogen and oxygen atoms in total. The second kappa shape index (κ2) is 9.50. The van der Waals surface area contributed by atoms with Crippen LogP contribution in [0.5, 0.6) is 0 Å². The van der Waals surface area contributed by atoms with Gasteiger partial charge in [0.1, 0.15) is 11.3 Å². The molecule has 0 unspecified atom stereocenters. The highest BCUT2D eigenvalue weighted by Gasteiger charge is 2.21. The maximum atomic E-state index is 12.2. The number of esters is 1. The fraction of sp³-hybridized carbons (Fsp3) is 0.579. The number of amides is 2. The first-order chi connectivity index (χ1) is 13.6. The number of fused-ring (bicyclic) bond motifs is 1. The van der Waals surface area contributed by atoms with Crippen molar-refractivity contribution in [3.05, 3.63) is 24.2 Å². The quantitative estimate of drug-likeness (QED) is 0.712. The summed E-state index contributed by atoms with van der Waals surface area (Å²) >= 11 is 0. The van der Waals surface area contributed by atoms with Gasteiger partial charge in [0.05, 0.1) is 13.0 Å². The van der Waals surface area contributed by atoms with Crippen LogP contribution in [0.1, 0.15) is 19.2 Å². The molecule has 0 bridgehead atoms. The summed E-state index contributed by atoms with van der Waals surface area (Å²) in [7, 11) is 0. The zero-order valence-corrected chi connectivity index (χ0v) is 16.6. The molecule has 0 spiro atoms. The molecule has 2 aromatic heterocycles. The van der Waals surface area contributed by atoms with Crippen LogP contribution in [0.3, 0.4) is 0 Å². The molecule has 0 radical (unpaired) electrons. The molecular formula is C19H28N6O3. The highest BCUT2D eigenvalue weighted by atomic mass is 16.5. The second-order valence-electron chi connectivity index (χ2n) is 6.77. The molecule has 9 heteroatoms. The first-order valence-corrected chi connectivity index (χ1v) is 9.77. The van der Waals surface area contributed by atoms with Gasteiger partial charge in [0.2, 0.25) is 0 Å². The van der Waals surface area contributed by atoms with Crippen LogP contribution < -0.4 is 5.32 Å². The number of nitrogens with one attached hydrogen (secondary N) is 1. The number of piperazine rings is 1. The van der Waals surface area contributed by atoms with Gasteiger partial charge in [-0.25, -0.2) is 14.8 Å². The van der Waals surface area contributed by atoms with Crippen molar-refractivity contribution in [3.63, 3.8) is 0 Å². The van der Waals surface area contributed by atoms with E-state index in [0.29, 0.717) is 26.2 Å². The van der Waals surface area contributed by atoms with Crippen molar-refractivity contribution in [1.29, 1.82) is 0 Å². The van der Waals surface area contributed by atoms with Crippen molar-refractivity contribution >= 4 is 23.2 Å². The van der Waals surface area contributed by atoms with Crippen molar-refractivity contribution in [2.24, 2.45) is 0 Å². The molecule has 1 N–H and O–H groups in total. The Kier molecular flexibility index (Phi) is 6.80. The maximum absolute atomic E-state index is 12.2.